The predicted molar refractivity (Wildman–Crippen MR) is 62.7 cm³/mol. The molecule has 3 aromatic heterocycles. The minimum atomic E-state index is 0.0949. The Kier molecular flexibility index (Phi) is 1.73. The van der Waals surface area contributed by atoms with E-state index in [1.165, 1.54) is 0 Å². The quantitative estimate of drug-likeness (QED) is 0.615. The number of aromatic nitrogens is 2. The van der Waals surface area contributed by atoms with E-state index >= 15 is 0 Å². The highest BCUT2D eigenvalue weighted by molar-refractivity contribution is 7.16. The van der Waals surface area contributed by atoms with Gasteiger partial charge in [0.2, 0.25) is 0 Å². The van der Waals surface area contributed by atoms with Gasteiger partial charge in [-0.2, -0.15) is 0 Å². The largest absolute Gasteiger partial charge is 0.310 e. The Morgan fingerprint density at radius 3 is 3.00 bits per heavy atom. The summed E-state index contributed by atoms with van der Waals surface area (Å²) in [6.45, 7) is 2.72. The second kappa shape index (κ2) is 2.97. The topological polar surface area (TPSA) is 26.4 Å². The Morgan fingerprint density at radius 1 is 1.33 bits per heavy atom. The monoisotopic (exact) mass is 218 g/mol. The van der Waals surface area contributed by atoms with Gasteiger partial charge in [0.05, 0.1) is 5.52 Å². The lowest BCUT2D eigenvalue weighted by Gasteiger charge is -2.06. The van der Waals surface area contributed by atoms with Gasteiger partial charge < -0.3 is 4.40 Å². The normalized spacial score (nSPS) is 11.5. The first kappa shape index (κ1) is 8.73. The fourth-order valence-electron chi connectivity index (χ4n) is 1.96. The molecule has 3 aromatic rings. The van der Waals surface area contributed by atoms with Crippen molar-refractivity contribution in [3.8, 4) is 0 Å². The molecule has 3 rings (SSSR count). The van der Waals surface area contributed by atoms with Crippen LogP contribution in [-0.4, -0.2) is 8.97 Å². The second-order valence-electron chi connectivity index (χ2n) is 3.42. The van der Waals surface area contributed by atoms with Crippen molar-refractivity contribution < 1.29 is 0 Å². The highest BCUT2D eigenvalue weighted by Crippen LogP contribution is 2.20. The summed E-state index contributed by atoms with van der Waals surface area (Å²) in [5.74, 6) is 0. The summed E-state index contributed by atoms with van der Waals surface area (Å²) >= 11 is 1.61. The fraction of sp³-hybridized carbons (Fsp3) is 0.182. The molecule has 0 aliphatic rings. The molecule has 0 radical (unpaired) electrons. The molecule has 0 unspecified atom stereocenters. The van der Waals surface area contributed by atoms with Crippen LogP contribution in [0.15, 0.2) is 34.6 Å². The van der Waals surface area contributed by atoms with Crippen LogP contribution in [0.4, 0.5) is 0 Å². The summed E-state index contributed by atoms with van der Waals surface area (Å²) in [7, 11) is 0. The first-order valence-electron chi connectivity index (χ1n) is 4.90. The van der Waals surface area contributed by atoms with Gasteiger partial charge in [0.15, 0.2) is 0 Å². The molecule has 0 spiro atoms. The molecule has 0 amide bonds. The van der Waals surface area contributed by atoms with Crippen molar-refractivity contribution in [1.29, 1.82) is 0 Å². The summed E-state index contributed by atoms with van der Waals surface area (Å²) in [6, 6.07) is 5.83. The maximum Gasteiger partial charge on any atom is 0.275 e. The van der Waals surface area contributed by atoms with Crippen molar-refractivity contribution in [3.05, 3.63) is 40.1 Å². The summed E-state index contributed by atoms with van der Waals surface area (Å²) in [6.07, 6.45) is 1.94. The maximum absolute atomic E-state index is 12.1. The Balaban J connectivity index is 2.71. The van der Waals surface area contributed by atoms with Crippen LogP contribution < -0.4 is 5.56 Å². The first-order chi connectivity index (χ1) is 7.33. The predicted octanol–water partition coefficient (Wildman–Crippen LogP) is 2.34. The summed E-state index contributed by atoms with van der Waals surface area (Å²) in [4.78, 5) is 13.1. The van der Waals surface area contributed by atoms with Gasteiger partial charge in [-0.1, -0.05) is 0 Å². The van der Waals surface area contributed by atoms with Crippen LogP contribution >= 0.6 is 11.3 Å². The van der Waals surface area contributed by atoms with Crippen LogP contribution in [0.2, 0.25) is 0 Å². The maximum atomic E-state index is 12.1. The van der Waals surface area contributed by atoms with Crippen molar-refractivity contribution >= 4 is 27.2 Å². The Morgan fingerprint density at radius 2 is 2.20 bits per heavy atom. The average molecular weight is 218 g/mol. The van der Waals surface area contributed by atoms with Gasteiger partial charge in [0.1, 0.15) is 10.3 Å². The molecule has 0 bridgehead atoms. The molecule has 0 aromatic carbocycles. The second-order valence-corrected chi connectivity index (χ2v) is 4.32. The standard InChI is InChI=1S/C11H10N2OS/c1-2-12-10(14)8-4-3-6-13(8)9-5-7-15-11(9)12/h3-7H,2H2,1H3. The molecule has 76 valence electrons. The van der Waals surface area contributed by atoms with Crippen LogP contribution in [0.25, 0.3) is 15.9 Å². The van der Waals surface area contributed by atoms with E-state index in [1.54, 1.807) is 11.3 Å². The number of nitrogens with zero attached hydrogens (tertiary/aromatic N) is 2. The lowest BCUT2D eigenvalue weighted by molar-refractivity contribution is 0.765. The van der Waals surface area contributed by atoms with E-state index in [0.29, 0.717) is 0 Å². The average Bonchev–Trinajstić information content (AvgIpc) is 2.84. The third-order valence-corrected chi connectivity index (χ3v) is 3.58. The molecule has 0 saturated carbocycles. The smallest absolute Gasteiger partial charge is 0.275 e. The molecule has 15 heavy (non-hydrogen) atoms. The zero-order valence-corrected chi connectivity index (χ0v) is 9.12. The van der Waals surface area contributed by atoms with E-state index in [0.717, 1.165) is 22.4 Å². The zero-order valence-electron chi connectivity index (χ0n) is 8.30. The number of hydrogen-bond acceptors (Lipinski definition) is 2. The Hall–Kier alpha value is -1.55. The highest BCUT2D eigenvalue weighted by Gasteiger charge is 2.09. The molecule has 0 aliphatic heterocycles. The van der Waals surface area contributed by atoms with Crippen LogP contribution in [-0.2, 0) is 6.54 Å². The Labute approximate surface area is 90.2 Å². The van der Waals surface area contributed by atoms with Gasteiger partial charge in [-0.05, 0) is 30.5 Å². The third-order valence-electron chi connectivity index (χ3n) is 2.66. The molecule has 3 nitrogen and oxygen atoms in total. The van der Waals surface area contributed by atoms with Crippen molar-refractivity contribution in [1.82, 2.24) is 8.97 Å². The van der Waals surface area contributed by atoms with Crippen LogP contribution in [0.1, 0.15) is 6.92 Å². The molecular formula is C11H10N2OS. The van der Waals surface area contributed by atoms with Crippen molar-refractivity contribution in [2.45, 2.75) is 13.5 Å². The summed E-state index contributed by atoms with van der Waals surface area (Å²) < 4.78 is 3.79. The van der Waals surface area contributed by atoms with Crippen molar-refractivity contribution in [3.63, 3.8) is 0 Å². The number of aryl methyl sites for hydroxylation is 1. The van der Waals surface area contributed by atoms with E-state index in [2.05, 4.69) is 6.07 Å². The Bertz CT molecular complexity index is 689. The van der Waals surface area contributed by atoms with Crippen molar-refractivity contribution in [2.75, 3.05) is 0 Å². The number of hydrogen-bond donors (Lipinski definition) is 0. The minimum Gasteiger partial charge on any atom is -0.310 e. The van der Waals surface area contributed by atoms with E-state index in [4.69, 9.17) is 0 Å². The summed E-state index contributed by atoms with van der Waals surface area (Å²) in [5.41, 5.74) is 1.96. The number of thiophene rings is 1. The molecule has 0 atom stereocenters. The SMILES string of the molecule is CCn1c(=O)c2cccn2c2ccsc21. The molecule has 4 heteroatoms. The minimum absolute atomic E-state index is 0.0949. The van der Waals surface area contributed by atoms with Gasteiger partial charge >= 0.3 is 0 Å². The van der Waals surface area contributed by atoms with Gasteiger partial charge in [0, 0.05) is 12.7 Å². The number of fused-ring (bicyclic) bond motifs is 3. The van der Waals surface area contributed by atoms with Gasteiger partial charge in [-0.25, -0.2) is 0 Å². The third kappa shape index (κ3) is 1.02. The first-order valence-corrected chi connectivity index (χ1v) is 5.78. The van der Waals surface area contributed by atoms with E-state index < -0.39 is 0 Å². The lowest BCUT2D eigenvalue weighted by atomic mass is 10.4. The highest BCUT2D eigenvalue weighted by atomic mass is 32.1. The van der Waals surface area contributed by atoms with Crippen molar-refractivity contribution in [2.24, 2.45) is 0 Å². The molecule has 0 N–H and O–H groups in total. The van der Waals surface area contributed by atoms with Crippen LogP contribution in [0.3, 0.4) is 0 Å². The molecule has 3 heterocycles. The fourth-order valence-corrected chi connectivity index (χ4v) is 2.92. The molecule has 0 aliphatic carbocycles. The van der Waals surface area contributed by atoms with Gasteiger partial charge in [0.25, 0.3) is 5.56 Å². The van der Waals surface area contributed by atoms with Crippen LogP contribution in [0, 0.1) is 0 Å². The molecule has 0 fully saturated rings. The zero-order chi connectivity index (χ0) is 10.4. The number of rotatable bonds is 1. The van der Waals surface area contributed by atoms with E-state index in [-0.39, 0.29) is 5.56 Å². The van der Waals surface area contributed by atoms with Crippen LogP contribution in [0.5, 0.6) is 0 Å². The molecule has 0 saturated heterocycles. The van der Waals surface area contributed by atoms with Gasteiger partial charge in [-0.3, -0.25) is 9.36 Å². The van der Waals surface area contributed by atoms with Gasteiger partial charge in [-0.15, -0.1) is 11.3 Å². The van der Waals surface area contributed by atoms with E-state index in [1.807, 2.05) is 39.6 Å². The lowest BCUT2D eigenvalue weighted by Crippen LogP contribution is -2.20. The molecular weight excluding hydrogens is 208 g/mol. The summed E-state index contributed by atoms with van der Waals surface area (Å²) in [5, 5.41) is 2.02. The van der Waals surface area contributed by atoms with E-state index in [9.17, 15) is 4.79 Å².